The maximum absolute atomic E-state index is 12.1. The highest BCUT2D eigenvalue weighted by Crippen LogP contribution is 2.35. The monoisotopic (exact) mass is 378 g/mol. The summed E-state index contributed by atoms with van der Waals surface area (Å²) in [6, 6.07) is 10.3. The van der Waals surface area contributed by atoms with Gasteiger partial charge in [0.1, 0.15) is 19.8 Å². The summed E-state index contributed by atoms with van der Waals surface area (Å²) in [5, 5.41) is 9.00. The van der Waals surface area contributed by atoms with Crippen LogP contribution in [-0.4, -0.2) is 24.3 Å². The molecule has 1 aliphatic heterocycles. The molecular weight excluding hydrogens is 364 g/mol. The lowest BCUT2D eigenvalue weighted by Gasteiger charge is -2.19. The molecule has 0 saturated heterocycles. The number of rotatable bonds is 4. The zero-order chi connectivity index (χ0) is 16.2. The van der Waals surface area contributed by atoms with E-state index in [9.17, 15) is 4.79 Å². The van der Waals surface area contributed by atoms with Crippen LogP contribution in [0.4, 0.5) is 0 Å². The normalized spacial score (nSPS) is 12.8. The second kappa shape index (κ2) is 7.02. The van der Waals surface area contributed by atoms with E-state index in [1.807, 2.05) is 6.07 Å². The molecule has 0 spiro atoms. The number of benzene rings is 2. The van der Waals surface area contributed by atoms with Crippen LogP contribution in [-0.2, 0) is 18.0 Å². The fourth-order valence-electron chi connectivity index (χ4n) is 2.19. The molecule has 0 unspecified atom stereocenters. The lowest BCUT2D eigenvalue weighted by atomic mass is 10.1. The zero-order valence-electron chi connectivity index (χ0n) is 12.3. The molecule has 5 nitrogen and oxygen atoms in total. The Morgan fingerprint density at radius 3 is 2.43 bits per heavy atom. The van der Waals surface area contributed by atoms with Crippen molar-refractivity contribution in [3.05, 3.63) is 57.6 Å². The molecule has 0 fully saturated rings. The smallest absolute Gasteiger partial charge is 0.338 e. The molecule has 1 heterocycles. The van der Waals surface area contributed by atoms with Crippen molar-refractivity contribution in [2.45, 2.75) is 13.2 Å². The van der Waals surface area contributed by atoms with E-state index in [1.54, 1.807) is 30.3 Å². The van der Waals surface area contributed by atoms with Crippen molar-refractivity contribution in [3.8, 4) is 11.5 Å². The minimum Gasteiger partial charge on any atom is -0.486 e. The Morgan fingerprint density at radius 2 is 1.78 bits per heavy atom. The van der Waals surface area contributed by atoms with E-state index < -0.39 is 5.97 Å². The molecule has 0 saturated carbocycles. The largest absolute Gasteiger partial charge is 0.486 e. The molecule has 120 valence electrons. The van der Waals surface area contributed by atoms with E-state index in [0.29, 0.717) is 30.3 Å². The first kappa shape index (κ1) is 15.8. The maximum atomic E-state index is 12.1. The van der Waals surface area contributed by atoms with Gasteiger partial charge in [0.25, 0.3) is 0 Å². The Morgan fingerprint density at radius 1 is 1.13 bits per heavy atom. The Kier molecular flexibility index (Phi) is 4.83. The average molecular weight is 379 g/mol. The Labute approximate surface area is 141 Å². The van der Waals surface area contributed by atoms with Crippen LogP contribution in [0.5, 0.6) is 11.5 Å². The summed E-state index contributed by atoms with van der Waals surface area (Å²) in [5.74, 6) is 0.909. The molecule has 3 rings (SSSR count). The number of ether oxygens (including phenoxy) is 3. The Balaban J connectivity index is 1.68. The summed E-state index contributed by atoms with van der Waals surface area (Å²) in [6.07, 6.45) is 0. The number of esters is 1. The number of hydrogen-bond acceptors (Lipinski definition) is 5. The summed E-state index contributed by atoms with van der Waals surface area (Å²) in [6.45, 7) is 1.10. The van der Waals surface area contributed by atoms with Crippen molar-refractivity contribution < 1.29 is 24.1 Å². The van der Waals surface area contributed by atoms with Crippen molar-refractivity contribution >= 4 is 21.9 Å². The highest BCUT2D eigenvalue weighted by Gasteiger charge is 2.16. The van der Waals surface area contributed by atoms with Gasteiger partial charge in [-0.25, -0.2) is 4.79 Å². The number of carbonyl (C=O) groups excluding carboxylic acids is 1. The topological polar surface area (TPSA) is 65.0 Å². The summed E-state index contributed by atoms with van der Waals surface area (Å²) < 4.78 is 17.1. The first-order chi connectivity index (χ1) is 11.2. The van der Waals surface area contributed by atoms with Gasteiger partial charge in [0.05, 0.1) is 12.2 Å². The van der Waals surface area contributed by atoms with Crippen molar-refractivity contribution in [1.29, 1.82) is 0 Å². The molecule has 0 amide bonds. The quantitative estimate of drug-likeness (QED) is 0.828. The number of hydrogen-bond donors (Lipinski definition) is 1. The van der Waals surface area contributed by atoms with E-state index in [0.717, 1.165) is 15.6 Å². The van der Waals surface area contributed by atoms with E-state index >= 15 is 0 Å². The van der Waals surface area contributed by atoms with Crippen molar-refractivity contribution in [2.75, 3.05) is 13.2 Å². The van der Waals surface area contributed by atoms with E-state index in [2.05, 4.69) is 15.9 Å². The zero-order valence-corrected chi connectivity index (χ0v) is 13.8. The van der Waals surface area contributed by atoms with Gasteiger partial charge in [-0.2, -0.15) is 0 Å². The van der Waals surface area contributed by atoms with Crippen molar-refractivity contribution in [1.82, 2.24) is 0 Å². The minimum absolute atomic E-state index is 0.0561. The molecular formula is C17H15BrO5. The van der Waals surface area contributed by atoms with E-state index in [1.165, 1.54) is 0 Å². The average Bonchev–Trinajstić information content (AvgIpc) is 2.59. The fraction of sp³-hybridized carbons (Fsp3) is 0.235. The molecule has 0 aliphatic carbocycles. The SMILES string of the molecule is O=C(OCc1cc2c(cc1Br)OCCO2)c1ccc(CO)cc1. The number of aliphatic hydroxyl groups excluding tert-OH is 1. The number of carbonyl (C=O) groups is 1. The highest BCUT2D eigenvalue weighted by molar-refractivity contribution is 9.10. The second-order valence-corrected chi connectivity index (χ2v) is 5.87. The number of halogens is 1. The van der Waals surface area contributed by atoms with Crippen LogP contribution >= 0.6 is 15.9 Å². The molecule has 1 aliphatic rings. The van der Waals surface area contributed by atoms with Gasteiger partial charge in [-0.15, -0.1) is 0 Å². The van der Waals surface area contributed by atoms with Crippen LogP contribution in [0.1, 0.15) is 21.5 Å². The molecule has 0 radical (unpaired) electrons. The first-order valence-electron chi connectivity index (χ1n) is 7.12. The number of fused-ring (bicyclic) bond motifs is 1. The molecule has 1 N–H and O–H groups in total. The molecule has 0 bridgehead atoms. The van der Waals surface area contributed by atoms with Crippen LogP contribution in [0, 0.1) is 0 Å². The van der Waals surface area contributed by atoms with E-state index in [4.69, 9.17) is 19.3 Å². The molecule has 0 aromatic heterocycles. The van der Waals surface area contributed by atoms with Gasteiger partial charge in [-0.3, -0.25) is 0 Å². The van der Waals surface area contributed by atoms with Crippen LogP contribution in [0.3, 0.4) is 0 Å². The van der Waals surface area contributed by atoms with Gasteiger partial charge in [0, 0.05) is 10.0 Å². The molecule has 6 heteroatoms. The van der Waals surface area contributed by atoms with Gasteiger partial charge in [0.2, 0.25) is 0 Å². The van der Waals surface area contributed by atoms with Crippen LogP contribution in [0.2, 0.25) is 0 Å². The van der Waals surface area contributed by atoms with Gasteiger partial charge in [0.15, 0.2) is 11.5 Å². The Hall–Kier alpha value is -2.05. The van der Waals surface area contributed by atoms with Crippen LogP contribution in [0.15, 0.2) is 40.9 Å². The van der Waals surface area contributed by atoms with Crippen LogP contribution in [0.25, 0.3) is 0 Å². The molecule has 2 aromatic carbocycles. The summed E-state index contributed by atoms with van der Waals surface area (Å²) in [5.41, 5.74) is 1.99. The summed E-state index contributed by atoms with van der Waals surface area (Å²) >= 11 is 3.45. The number of aliphatic hydroxyl groups is 1. The third-order valence-corrected chi connectivity index (χ3v) is 4.18. The Bertz CT molecular complexity index is 712. The van der Waals surface area contributed by atoms with E-state index in [-0.39, 0.29) is 13.2 Å². The first-order valence-corrected chi connectivity index (χ1v) is 7.91. The van der Waals surface area contributed by atoms with Gasteiger partial charge < -0.3 is 19.3 Å². The predicted octanol–water partition coefficient (Wildman–Crippen LogP) is 3.07. The molecule has 0 atom stereocenters. The van der Waals surface area contributed by atoms with Crippen LogP contribution < -0.4 is 9.47 Å². The van der Waals surface area contributed by atoms with Crippen molar-refractivity contribution in [3.63, 3.8) is 0 Å². The third kappa shape index (κ3) is 3.65. The van der Waals surface area contributed by atoms with Gasteiger partial charge in [-0.05, 0) is 29.8 Å². The molecule has 23 heavy (non-hydrogen) atoms. The van der Waals surface area contributed by atoms with Crippen molar-refractivity contribution in [2.24, 2.45) is 0 Å². The lowest BCUT2D eigenvalue weighted by molar-refractivity contribution is 0.0471. The third-order valence-electron chi connectivity index (χ3n) is 3.44. The molecule has 2 aromatic rings. The lowest BCUT2D eigenvalue weighted by Crippen LogP contribution is -2.15. The van der Waals surface area contributed by atoms with Gasteiger partial charge in [-0.1, -0.05) is 28.1 Å². The highest BCUT2D eigenvalue weighted by atomic mass is 79.9. The minimum atomic E-state index is -0.420. The predicted molar refractivity (Wildman–Crippen MR) is 86.6 cm³/mol. The second-order valence-electron chi connectivity index (χ2n) is 5.02. The maximum Gasteiger partial charge on any atom is 0.338 e. The summed E-state index contributed by atoms with van der Waals surface area (Å²) in [7, 11) is 0. The van der Waals surface area contributed by atoms with Gasteiger partial charge >= 0.3 is 5.97 Å². The standard InChI is InChI=1S/C17H15BrO5/c18-14-8-16-15(21-5-6-22-16)7-13(14)10-23-17(20)12-3-1-11(9-19)2-4-12/h1-4,7-8,19H,5-6,9-10H2. The fourth-order valence-corrected chi connectivity index (χ4v) is 2.63. The summed E-state index contributed by atoms with van der Waals surface area (Å²) in [4.78, 5) is 12.1.